The van der Waals surface area contributed by atoms with Gasteiger partial charge in [-0.25, -0.2) is 4.39 Å². The van der Waals surface area contributed by atoms with E-state index in [1.807, 2.05) is 6.92 Å². The average molecular weight is 292 g/mol. The number of ether oxygens (including phenoxy) is 1. The Morgan fingerprint density at radius 2 is 2.14 bits per heavy atom. The summed E-state index contributed by atoms with van der Waals surface area (Å²) in [4.78, 5) is 0. The van der Waals surface area contributed by atoms with Crippen molar-refractivity contribution in [2.24, 2.45) is 0 Å². The molecule has 1 aromatic carbocycles. The van der Waals surface area contributed by atoms with Crippen molar-refractivity contribution in [1.29, 1.82) is 0 Å². The van der Waals surface area contributed by atoms with Crippen LogP contribution in [0.3, 0.4) is 0 Å². The quantitative estimate of drug-likeness (QED) is 0.921. The van der Waals surface area contributed by atoms with Crippen LogP contribution in [0.25, 0.3) is 0 Å². The minimum Gasteiger partial charge on any atom is -0.493 e. The highest BCUT2D eigenvalue weighted by Gasteiger charge is 2.34. The molecule has 1 aromatic heterocycles. The van der Waals surface area contributed by atoms with Crippen molar-refractivity contribution in [2.75, 3.05) is 7.11 Å². The standard InChI is InChI=1S/C16H21FN2O2/c1-5-8-19-15(14(21-4)10-18-19)16(3,20)12-7-6-11(2)13(17)9-12/h6-7,9-10,20H,5,8H2,1-4H3. The largest absolute Gasteiger partial charge is 0.493 e. The third kappa shape index (κ3) is 2.78. The van der Waals surface area contributed by atoms with Crippen LogP contribution >= 0.6 is 0 Å². The Hall–Kier alpha value is -1.88. The smallest absolute Gasteiger partial charge is 0.163 e. The molecule has 4 nitrogen and oxygen atoms in total. The summed E-state index contributed by atoms with van der Waals surface area (Å²) in [5, 5.41) is 15.2. The van der Waals surface area contributed by atoms with Crippen LogP contribution < -0.4 is 4.74 Å². The zero-order valence-corrected chi connectivity index (χ0v) is 12.9. The summed E-state index contributed by atoms with van der Waals surface area (Å²) in [5.41, 5.74) is 0.173. The zero-order valence-electron chi connectivity index (χ0n) is 12.9. The Morgan fingerprint density at radius 3 is 2.71 bits per heavy atom. The maximum Gasteiger partial charge on any atom is 0.163 e. The number of benzene rings is 1. The van der Waals surface area contributed by atoms with Crippen LogP contribution in [-0.4, -0.2) is 22.0 Å². The van der Waals surface area contributed by atoms with Crippen molar-refractivity contribution in [1.82, 2.24) is 9.78 Å². The van der Waals surface area contributed by atoms with Gasteiger partial charge < -0.3 is 9.84 Å². The van der Waals surface area contributed by atoms with Gasteiger partial charge in [0.25, 0.3) is 0 Å². The molecule has 2 aromatic rings. The van der Waals surface area contributed by atoms with E-state index in [2.05, 4.69) is 5.10 Å². The third-order valence-electron chi connectivity index (χ3n) is 3.66. The fourth-order valence-corrected chi connectivity index (χ4v) is 2.42. The summed E-state index contributed by atoms with van der Waals surface area (Å²) in [7, 11) is 1.53. The first-order valence-electron chi connectivity index (χ1n) is 7.01. The molecule has 0 amide bonds. The van der Waals surface area contributed by atoms with Gasteiger partial charge in [0.05, 0.1) is 13.3 Å². The van der Waals surface area contributed by atoms with Crippen molar-refractivity contribution in [2.45, 2.75) is 39.3 Å². The summed E-state index contributed by atoms with van der Waals surface area (Å²) >= 11 is 0. The first-order valence-corrected chi connectivity index (χ1v) is 7.01. The van der Waals surface area contributed by atoms with Gasteiger partial charge in [-0.3, -0.25) is 4.68 Å². The number of aromatic nitrogens is 2. The molecule has 114 valence electrons. The number of hydrogen-bond acceptors (Lipinski definition) is 3. The van der Waals surface area contributed by atoms with E-state index in [0.29, 0.717) is 29.1 Å². The van der Waals surface area contributed by atoms with Gasteiger partial charge in [0.1, 0.15) is 17.1 Å². The molecule has 1 N–H and O–H groups in total. The van der Waals surface area contributed by atoms with E-state index in [9.17, 15) is 9.50 Å². The molecule has 0 saturated carbocycles. The normalized spacial score (nSPS) is 14.0. The van der Waals surface area contributed by atoms with E-state index < -0.39 is 5.60 Å². The summed E-state index contributed by atoms with van der Waals surface area (Å²) in [6, 6.07) is 4.74. The van der Waals surface area contributed by atoms with Crippen molar-refractivity contribution in [3.8, 4) is 5.75 Å². The minimum absolute atomic E-state index is 0.340. The summed E-state index contributed by atoms with van der Waals surface area (Å²) in [6.07, 6.45) is 2.44. The van der Waals surface area contributed by atoms with Crippen LogP contribution in [0.2, 0.25) is 0 Å². The van der Waals surface area contributed by atoms with Crippen LogP contribution in [0.1, 0.15) is 37.1 Å². The van der Waals surface area contributed by atoms with Crippen molar-refractivity contribution in [3.05, 3.63) is 47.0 Å². The fraction of sp³-hybridized carbons (Fsp3) is 0.438. The van der Waals surface area contributed by atoms with Crippen LogP contribution in [0.5, 0.6) is 5.75 Å². The molecule has 2 rings (SSSR count). The number of aliphatic hydroxyl groups is 1. The van der Waals surface area contributed by atoms with Gasteiger partial charge in [0.15, 0.2) is 5.75 Å². The molecular formula is C16H21FN2O2. The molecular weight excluding hydrogens is 271 g/mol. The van der Waals surface area contributed by atoms with E-state index in [1.165, 1.54) is 13.2 Å². The Kier molecular flexibility index (Phi) is 4.32. The number of aryl methyl sites for hydroxylation is 2. The number of methoxy groups -OCH3 is 1. The van der Waals surface area contributed by atoms with E-state index in [0.717, 1.165) is 6.42 Å². The van der Waals surface area contributed by atoms with Crippen molar-refractivity contribution in [3.63, 3.8) is 0 Å². The van der Waals surface area contributed by atoms with E-state index in [-0.39, 0.29) is 5.82 Å². The van der Waals surface area contributed by atoms with Crippen LogP contribution in [-0.2, 0) is 12.1 Å². The molecule has 0 radical (unpaired) electrons. The topological polar surface area (TPSA) is 47.3 Å². The first kappa shape index (κ1) is 15.5. The molecule has 0 saturated heterocycles. The monoisotopic (exact) mass is 292 g/mol. The molecule has 0 bridgehead atoms. The lowest BCUT2D eigenvalue weighted by Crippen LogP contribution is -2.28. The Bertz CT molecular complexity index is 635. The second kappa shape index (κ2) is 5.85. The van der Waals surface area contributed by atoms with Crippen LogP contribution in [0, 0.1) is 12.7 Å². The lowest BCUT2D eigenvalue weighted by molar-refractivity contribution is 0.0878. The predicted molar refractivity (Wildman–Crippen MR) is 78.9 cm³/mol. The minimum atomic E-state index is -1.38. The molecule has 0 fully saturated rings. The number of halogens is 1. The van der Waals surface area contributed by atoms with Gasteiger partial charge in [-0.2, -0.15) is 5.10 Å². The molecule has 0 spiro atoms. The Morgan fingerprint density at radius 1 is 1.43 bits per heavy atom. The maximum absolute atomic E-state index is 13.8. The van der Waals surface area contributed by atoms with Gasteiger partial charge in [-0.15, -0.1) is 0 Å². The van der Waals surface area contributed by atoms with Crippen molar-refractivity contribution < 1.29 is 14.2 Å². The highest BCUT2D eigenvalue weighted by atomic mass is 19.1. The van der Waals surface area contributed by atoms with Gasteiger partial charge in [-0.1, -0.05) is 19.1 Å². The zero-order chi connectivity index (χ0) is 15.6. The van der Waals surface area contributed by atoms with Gasteiger partial charge in [0, 0.05) is 6.54 Å². The lowest BCUT2D eigenvalue weighted by Gasteiger charge is -2.26. The molecule has 0 aliphatic carbocycles. The highest BCUT2D eigenvalue weighted by Crippen LogP contribution is 2.36. The predicted octanol–water partition coefficient (Wildman–Crippen LogP) is 3.01. The third-order valence-corrected chi connectivity index (χ3v) is 3.66. The Labute approximate surface area is 124 Å². The van der Waals surface area contributed by atoms with Gasteiger partial charge in [0.2, 0.25) is 0 Å². The molecule has 5 heteroatoms. The van der Waals surface area contributed by atoms with Crippen LogP contribution in [0.15, 0.2) is 24.4 Å². The summed E-state index contributed by atoms with van der Waals surface area (Å²) < 4.78 is 20.8. The molecule has 1 atom stereocenters. The van der Waals surface area contributed by atoms with Gasteiger partial charge in [-0.05, 0) is 37.5 Å². The van der Waals surface area contributed by atoms with E-state index >= 15 is 0 Å². The highest BCUT2D eigenvalue weighted by molar-refractivity contribution is 5.40. The second-order valence-electron chi connectivity index (χ2n) is 5.32. The number of hydrogen-bond donors (Lipinski definition) is 1. The van der Waals surface area contributed by atoms with E-state index in [4.69, 9.17) is 4.74 Å². The Balaban J connectivity index is 2.56. The number of rotatable bonds is 5. The number of nitrogens with zero attached hydrogens (tertiary/aromatic N) is 2. The first-order chi connectivity index (χ1) is 9.91. The molecule has 0 aliphatic heterocycles. The molecule has 1 heterocycles. The summed E-state index contributed by atoms with van der Waals surface area (Å²) in [6.45, 7) is 6.00. The summed E-state index contributed by atoms with van der Waals surface area (Å²) in [5.74, 6) is 0.155. The van der Waals surface area contributed by atoms with Crippen LogP contribution in [0.4, 0.5) is 4.39 Å². The maximum atomic E-state index is 13.8. The SMILES string of the molecule is CCCn1ncc(OC)c1C(C)(O)c1ccc(C)c(F)c1. The average Bonchev–Trinajstić information content (AvgIpc) is 2.85. The lowest BCUT2D eigenvalue weighted by atomic mass is 9.91. The molecule has 0 aliphatic rings. The second-order valence-corrected chi connectivity index (χ2v) is 5.32. The van der Waals surface area contributed by atoms with Crippen molar-refractivity contribution >= 4 is 0 Å². The molecule has 21 heavy (non-hydrogen) atoms. The van der Waals surface area contributed by atoms with E-state index in [1.54, 1.807) is 36.9 Å². The fourth-order valence-electron chi connectivity index (χ4n) is 2.42. The molecule has 1 unspecified atom stereocenters. The van der Waals surface area contributed by atoms with Gasteiger partial charge >= 0.3 is 0 Å².